The second kappa shape index (κ2) is 5.22. The molecule has 8 heteroatoms. The Morgan fingerprint density at radius 2 is 2.12 bits per heavy atom. The predicted molar refractivity (Wildman–Crippen MR) is 93.6 cm³/mol. The average Bonchev–Trinajstić information content (AvgIpc) is 3.24. The molecule has 1 aliphatic carbocycles. The number of fused-ring (bicyclic) bond motifs is 2. The van der Waals surface area contributed by atoms with Crippen molar-refractivity contribution in [2.45, 2.75) is 18.8 Å². The smallest absolute Gasteiger partial charge is 0.187 e. The monoisotopic (exact) mass is 350 g/mol. The van der Waals surface area contributed by atoms with Crippen molar-refractivity contribution >= 4 is 38.4 Å². The summed E-state index contributed by atoms with van der Waals surface area (Å²) < 4.78 is 15.2. The van der Waals surface area contributed by atoms with Crippen molar-refractivity contribution in [3.05, 3.63) is 40.5 Å². The van der Waals surface area contributed by atoms with Crippen molar-refractivity contribution in [3.63, 3.8) is 0 Å². The number of hydrogen-bond donors (Lipinski definition) is 2. The molecule has 6 nitrogen and oxygen atoms in total. The van der Waals surface area contributed by atoms with Crippen molar-refractivity contribution in [2.75, 3.05) is 5.73 Å². The van der Waals surface area contributed by atoms with Crippen LogP contribution in [0.5, 0.6) is 0 Å². The fourth-order valence-corrected chi connectivity index (χ4v) is 3.81. The fraction of sp³-hybridized carbons (Fsp3) is 0.176. The first-order valence-electron chi connectivity index (χ1n) is 7.75. The van der Waals surface area contributed by atoms with Gasteiger partial charge in [0.05, 0.1) is 26.2 Å². The zero-order valence-electron chi connectivity index (χ0n) is 12.9. The van der Waals surface area contributed by atoms with Crippen LogP contribution in [0.4, 0.5) is 10.2 Å². The largest absolute Gasteiger partial charge is 0.383 e. The minimum atomic E-state index is -0.362. The summed E-state index contributed by atoms with van der Waals surface area (Å²) in [4.78, 5) is 12.6. The van der Waals surface area contributed by atoms with E-state index >= 15 is 0 Å². The van der Waals surface area contributed by atoms with Gasteiger partial charge in [-0.05, 0) is 30.9 Å². The van der Waals surface area contributed by atoms with Gasteiger partial charge in [0.2, 0.25) is 0 Å². The SMILES string of the molecule is Nc1ncnc2n[nH]c(C#Cc3cc4nc(C5CC5)sc4cc3F)c12. The second-order valence-electron chi connectivity index (χ2n) is 5.93. The fourth-order valence-electron chi connectivity index (χ4n) is 2.67. The van der Waals surface area contributed by atoms with Crippen molar-refractivity contribution in [1.82, 2.24) is 25.1 Å². The molecule has 25 heavy (non-hydrogen) atoms. The van der Waals surface area contributed by atoms with Gasteiger partial charge in [-0.1, -0.05) is 5.92 Å². The molecule has 1 fully saturated rings. The number of benzene rings is 1. The van der Waals surface area contributed by atoms with Crippen LogP contribution >= 0.6 is 11.3 Å². The summed E-state index contributed by atoms with van der Waals surface area (Å²) in [5.41, 5.74) is 7.82. The number of H-pyrrole nitrogens is 1. The molecule has 3 aromatic heterocycles. The van der Waals surface area contributed by atoms with E-state index in [0.29, 0.717) is 28.2 Å². The van der Waals surface area contributed by atoms with Gasteiger partial charge in [-0.25, -0.2) is 19.3 Å². The van der Waals surface area contributed by atoms with Crippen molar-refractivity contribution in [1.29, 1.82) is 0 Å². The number of aromatic amines is 1. The highest BCUT2D eigenvalue weighted by atomic mass is 32.1. The normalized spacial score (nSPS) is 14.0. The third-order valence-electron chi connectivity index (χ3n) is 4.12. The molecule has 0 spiro atoms. The first-order chi connectivity index (χ1) is 12.2. The molecule has 1 saturated carbocycles. The molecule has 3 N–H and O–H groups in total. The molecule has 0 unspecified atom stereocenters. The number of nitrogen functional groups attached to an aromatic ring is 1. The summed E-state index contributed by atoms with van der Waals surface area (Å²) in [6, 6.07) is 3.20. The number of thiazole rings is 1. The maximum Gasteiger partial charge on any atom is 0.187 e. The van der Waals surface area contributed by atoms with Crippen molar-refractivity contribution in [2.24, 2.45) is 0 Å². The van der Waals surface area contributed by atoms with E-state index in [1.165, 1.54) is 25.2 Å². The second-order valence-corrected chi connectivity index (χ2v) is 6.99. The standard InChI is InChI=1S/C17H11FN6S/c18-10-6-13-12(22-17(25-13)8-1-2-8)5-9(10)3-4-11-14-15(19)20-7-21-16(14)24-23-11/h5-8H,1-2H2,(H3,19,20,21,23,24). The Morgan fingerprint density at radius 3 is 2.96 bits per heavy atom. The van der Waals surface area contributed by atoms with Gasteiger partial charge in [-0.2, -0.15) is 5.10 Å². The van der Waals surface area contributed by atoms with Crippen LogP contribution in [0, 0.1) is 17.7 Å². The van der Waals surface area contributed by atoms with Gasteiger partial charge < -0.3 is 5.73 Å². The van der Waals surface area contributed by atoms with Crippen molar-refractivity contribution in [3.8, 4) is 11.8 Å². The predicted octanol–water partition coefficient (Wildman–Crippen LogP) is 2.96. The van der Waals surface area contributed by atoms with E-state index in [-0.39, 0.29) is 11.6 Å². The molecular formula is C17H11FN6S. The highest BCUT2D eigenvalue weighted by molar-refractivity contribution is 7.18. The third kappa shape index (κ3) is 2.40. The summed E-state index contributed by atoms with van der Waals surface area (Å²) in [6.07, 6.45) is 3.68. The number of nitrogens with zero attached hydrogens (tertiary/aromatic N) is 4. The molecule has 0 amide bonds. The topological polar surface area (TPSA) is 93.4 Å². The highest BCUT2D eigenvalue weighted by Crippen LogP contribution is 2.43. The lowest BCUT2D eigenvalue weighted by atomic mass is 10.2. The number of nitrogens with two attached hydrogens (primary N) is 1. The lowest BCUT2D eigenvalue weighted by Gasteiger charge is -1.95. The minimum absolute atomic E-state index is 0.285. The van der Waals surface area contributed by atoms with E-state index in [0.717, 1.165) is 15.2 Å². The zero-order valence-corrected chi connectivity index (χ0v) is 13.7. The number of aromatic nitrogens is 5. The van der Waals surface area contributed by atoms with Crippen LogP contribution in [0.3, 0.4) is 0 Å². The molecule has 122 valence electrons. The molecule has 0 bridgehead atoms. The molecule has 0 aliphatic heterocycles. The van der Waals surface area contributed by atoms with E-state index in [1.54, 1.807) is 17.4 Å². The Balaban J connectivity index is 1.59. The maximum atomic E-state index is 14.4. The van der Waals surface area contributed by atoms with E-state index < -0.39 is 0 Å². The van der Waals surface area contributed by atoms with Crippen LogP contribution in [0.15, 0.2) is 18.5 Å². The van der Waals surface area contributed by atoms with Crippen LogP contribution in [-0.2, 0) is 0 Å². The molecule has 0 saturated heterocycles. The van der Waals surface area contributed by atoms with Gasteiger partial charge in [0.15, 0.2) is 5.65 Å². The molecule has 3 heterocycles. The number of halogens is 1. The number of hydrogen-bond acceptors (Lipinski definition) is 6. The first-order valence-corrected chi connectivity index (χ1v) is 8.57. The van der Waals surface area contributed by atoms with Crippen LogP contribution in [0.1, 0.15) is 35.0 Å². The summed E-state index contributed by atoms with van der Waals surface area (Å²) >= 11 is 1.56. The Kier molecular flexibility index (Phi) is 2.99. The first kappa shape index (κ1) is 14.3. The van der Waals surface area contributed by atoms with E-state index in [4.69, 9.17) is 5.73 Å². The van der Waals surface area contributed by atoms with Gasteiger partial charge in [0.1, 0.15) is 23.7 Å². The molecule has 5 rings (SSSR count). The summed E-state index contributed by atoms with van der Waals surface area (Å²) in [5.74, 6) is 6.19. The Hall–Kier alpha value is -3.05. The van der Waals surface area contributed by atoms with E-state index in [2.05, 4.69) is 37.0 Å². The lowest BCUT2D eigenvalue weighted by molar-refractivity contribution is 0.626. The van der Waals surface area contributed by atoms with E-state index in [9.17, 15) is 4.39 Å². The summed E-state index contributed by atoms with van der Waals surface area (Å²) in [6.45, 7) is 0. The average molecular weight is 350 g/mol. The molecule has 4 aromatic rings. The zero-order chi connectivity index (χ0) is 17.0. The molecular weight excluding hydrogens is 339 g/mol. The van der Waals surface area contributed by atoms with Crippen LogP contribution in [-0.4, -0.2) is 25.1 Å². The number of anilines is 1. The third-order valence-corrected chi connectivity index (χ3v) is 5.30. The van der Waals surface area contributed by atoms with Gasteiger partial charge in [0.25, 0.3) is 0 Å². The minimum Gasteiger partial charge on any atom is -0.383 e. The lowest BCUT2D eigenvalue weighted by Crippen LogP contribution is -1.92. The Morgan fingerprint density at radius 1 is 1.24 bits per heavy atom. The van der Waals surface area contributed by atoms with Gasteiger partial charge in [-0.3, -0.25) is 5.10 Å². The quantitative estimate of drug-likeness (QED) is 0.515. The summed E-state index contributed by atoms with van der Waals surface area (Å²) in [7, 11) is 0. The van der Waals surface area contributed by atoms with Crippen LogP contribution < -0.4 is 5.73 Å². The van der Waals surface area contributed by atoms with E-state index in [1.807, 2.05) is 0 Å². The van der Waals surface area contributed by atoms with Gasteiger partial charge in [-0.15, -0.1) is 11.3 Å². The van der Waals surface area contributed by atoms with Crippen LogP contribution in [0.2, 0.25) is 0 Å². The summed E-state index contributed by atoms with van der Waals surface area (Å²) in [5, 5.41) is 8.43. The molecule has 0 radical (unpaired) electrons. The number of rotatable bonds is 1. The Labute approximate surface area is 145 Å². The van der Waals surface area contributed by atoms with Crippen LogP contribution in [0.25, 0.3) is 21.3 Å². The molecule has 1 aliphatic rings. The molecule has 1 aromatic carbocycles. The maximum absolute atomic E-state index is 14.4. The molecule has 0 atom stereocenters. The van der Waals surface area contributed by atoms with Gasteiger partial charge in [0, 0.05) is 5.92 Å². The highest BCUT2D eigenvalue weighted by Gasteiger charge is 2.27. The van der Waals surface area contributed by atoms with Crippen molar-refractivity contribution < 1.29 is 4.39 Å². The van der Waals surface area contributed by atoms with Gasteiger partial charge >= 0.3 is 0 Å². The Bertz CT molecular complexity index is 1190. The number of nitrogens with one attached hydrogen (secondary N) is 1.